The van der Waals surface area contributed by atoms with E-state index in [0.717, 1.165) is 10.1 Å². The van der Waals surface area contributed by atoms with Crippen molar-refractivity contribution in [3.8, 4) is 5.75 Å². The number of amides is 1. The molecule has 4 aromatic rings. The molecule has 9 heteroatoms. The summed E-state index contributed by atoms with van der Waals surface area (Å²) in [7, 11) is 1.58. The summed E-state index contributed by atoms with van der Waals surface area (Å²) in [5.74, 6) is -0.699. The zero-order valence-electron chi connectivity index (χ0n) is 20.0. The van der Waals surface area contributed by atoms with Gasteiger partial charge in [0.05, 0.1) is 29.6 Å². The van der Waals surface area contributed by atoms with Gasteiger partial charge in [-0.15, -0.1) is 0 Å². The van der Waals surface area contributed by atoms with E-state index in [4.69, 9.17) is 4.74 Å². The van der Waals surface area contributed by atoms with E-state index in [1.165, 1.54) is 18.2 Å². The third kappa shape index (κ3) is 4.76. The van der Waals surface area contributed by atoms with Crippen molar-refractivity contribution < 1.29 is 19.4 Å². The van der Waals surface area contributed by atoms with Gasteiger partial charge < -0.3 is 20.1 Å². The number of nitrogens with zero attached hydrogens (tertiary/aromatic N) is 1. The number of aryl methyl sites for hydroxylation is 1. The highest BCUT2D eigenvalue weighted by molar-refractivity contribution is 5.97. The van der Waals surface area contributed by atoms with Crippen LogP contribution in [0.2, 0.25) is 0 Å². The molecule has 0 saturated heterocycles. The standard InChI is InChI=1S/C27H25N3O6/c1-15-12-18(6-10-21(15)26(33)34)16(2)30-25(32)22-13-19(7-11-23(22)29-27(30)35)24(31)28-14-17-4-8-20(36-3)9-5-17/h4-13,16H,14H2,1-3H3,(H,28,31)(H,29,35)(H,33,34). The Morgan fingerprint density at radius 2 is 1.78 bits per heavy atom. The Kier molecular flexibility index (Phi) is 6.73. The third-order valence-electron chi connectivity index (χ3n) is 6.15. The molecule has 3 N–H and O–H groups in total. The molecule has 0 saturated carbocycles. The molecule has 1 aromatic heterocycles. The number of ether oxygens (including phenoxy) is 1. The van der Waals surface area contributed by atoms with Crippen molar-refractivity contribution in [3.63, 3.8) is 0 Å². The molecule has 36 heavy (non-hydrogen) atoms. The summed E-state index contributed by atoms with van der Waals surface area (Å²) >= 11 is 0. The van der Waals surface area contributed by atoms with Gasteiger partial charge in [0.15, 0.2) is 0 Å². The maximum absolute atomic E-state index is 13.3. The second kappa shape index (κ2) is 9.91. The number of rotatable bonds is 7. The van der Waals surface area contributed by atoms with E-state index in [0.29, 0.717) is 28.9 Å². The number of nitrogens with one attached hydrogen (secondary N) is 2. The van der Waals surface area contributed by atoms with Crippen LogP contribution in [0.15, 0.2) is 70.3 Å². The zero-order valence-corrected chi connectivity index (χ0v) is 20.0. The van der Waals surface area contributed by atoms with Crippen molar-refractivity contribution in [1.29, 1.82) is 0 Å². The van der Waals surface area contributed by atoms with E-state index in [1.807, 2.05) is 12.1 Å². The number of benzene rings is 3. The lowest BCUT2D eigenvalue weighted by Gasteiger charge is -2.16. The fraction of sp³-hybridized carbons (Fsp3) is 0.185. The summed E-state index contributed by atoms with van der Waals surface area (Å²) in [6.07, 6.45) is 0. The predicted molar refractivity (Wildman–Crippen MR) is 135 cm³/mol. The number of H-pyrrole nitrogens is 1. The van der Waals surface area contributed by atoms with E-state index in [9.17, 15) is 24.3 Å². The fourth-order valence-corrected chi connectivity index (χ4v) is 4.08. The van der Waals surface area contributed by atoms with Crippen LogP contribution >= 0.6 is 0 Å². The number of hydrogen-bond acceptors (Lipinski definition) is 5. The van der Waals surface area contributed by atoms with Gasteiger partial charge in [0.25, 0.3) is 11.5 Å². The number of carboxylic acids is 1. The average molecular weight is 488 g/mol. The summed E-state index contributed by atoms with van der Waals surface area (Å²) in [5, 5.41) is 12.3. The van der Waals surface area contributed by atoms with Crippen LogP contribution in [0.25, 0.3) is 10.9 Å². The Morgan fingerprint density at radius 1 is 1.06 bits per heavy atom. The molecule has 0 spiro atoms. The number of hydrogen-bond donors (Lipinski definition) is 3. The van der Waals surface area contributed by atoms with Crippen LogP contribution < -0.4 is 21.3 Å². The van der Waals surface area contributed by atoms with Crippen molar-refractivity contribution in [1.82, 2.24) is 14.9 Å². The first-order valence-corrected chi connectivity index (χ1v) is 11.2. The van der Waals surface area contributed by atoms with Gasteiger partial charge in [-0.1, -0.05) is 24.3 Å². The zero-order chi connectivity index (χ0) is 26.0. The van der Waals surface area contributed by atoms with Gasteiger partial charge in [-0.05, 0) is 66.9 Å². The van der Waals surface area contributed by atoms with Gasteiger partial charge in [-0.3, -0.25) is 14.2 Å². The van der Waals surface area contributed by atoms with Gasteiger partial charge >= 0.3 is 11.7 Å². The Morgan fingerprint density at radius 3 is 2.42 bits per heavy atom. The maximum atomic E-state index is 13.3. The van der Waals surface area contributed by atoms with Crippen molar-refractivity contribution in [2.75, 3.05) is 7.11 Å². The number of carboxylic acid groups (broad SMARTS) is 1. The molecule has 0 radical (unpaired) electrons. The Bertz CT molecular complexity index is 1580. The Hall–Kier alpha value is -4.66. The van der Waals surface area contributed by atoms with Gasteiger partial charge in [0.1, 0.15) is 5.75 Å². The highest BCUT2D eigenvalue weighted by atomic mass is 16.5. The summed E-state index contributed by atoms with van der Waals surface area (Å²) in [5.41, 5.74) is 1.61. The van der Waals surface area contributed by atoms with E-state index in [1.54, 1.807) is 51.3 Å². The van der Waals surface area contributed by atoms with E-state index in [-0.39, 0.29) is 22.4 Å². The molecule has 0 bridgehead atoms. The lowest BCUT2D eigenvalue weighted by atomic mass is 10.0. The van der Waals surface area contributed by atoms with Crippen LogP contribution in [0.4, 0.5) is 0 Å². The molecular weight excluding hydrogens is 462 g/mol. The normalized spacial score (nSPS) is 11.8. The SMILES string of the molecule is COc1ccc(CNC(=O)c2ccc3[nH]c(=O)n(C(C)c4ccc(C(=O)O)c(C)c4)c(=O)c3c2)cc1. The van der Waals surface area contributed by atoms with Crippen molar-refractivity contribution in [2.24, 2.45) is 0 Å². The second-order valence-corrected chi connectivity index (χ2v) is 8.45. The first-order valence-electron chi connectivity index (χ1n) is 11.2. The number of methoxy groups -OCH3 is 1. The largest absolute Gasteiger partial charge is 0.497 e. The molecule has 1 atom stereocenters. The van der Waals surface area contributed by atoms with Crippen molar-refractivity contribution in [2.45, 2.75) is 26.4 Å². The molecule has 0 aliphatic heterocycles. The fourth-order valence-electron chi connectivity index (χ4n) is 4.08. The summed E-state index contributed by atoms with van der Waals surface area (Å²) in [4.78, 5) is 52.9. The molecule has 0 aliphatic carbocycles. The minimum absolute atomic E-state index is 0.149. The van der Waals surface area contributed by atoms with Gasteiger partial charge in [-0.2, -0.15) is 0 Å². The first-order chi connectivity index (χ1) is 17.2. The summed E-state index contributed by atoms with van der Waals surface area (Å²) in [6.45, 7) is 3.63. The van der Waals surface area contributed by atoms with Crippen molar-refractivity contribution in [3.05, 3.63) is 109 Å². The quantitative estimate of drug-likeness (QED) is 0.367. The minimum atomic E-state index is -1.05. The van der Waals surface area contributed by atoms with Crippen molar-refractivity contribution >= 4 is 22.8 Å². The van der Waals surface area contributed by atoms with E-state index >= 15 is 0 Å². The molecule has 1 amide bonds. The van der Waals surface area contributed by atoms with Crippen LogP contribution in [0.3, 0.4) is 0 Å². The second-order valence-electron chi connectivity index (χ2n) is 8.45. The molecule has 4 rings (SSSR count). The first kappa shape index (κ1) is 24.5. The molecular formula is C27H25N3O6. The van der Waals surface area contributed by atoms with Crippen LogP contribution in [-0.4, -0.2) is 33.6 Å². The van der Waals surface area contributed by atoms with Gasteiger partial charge in [0, 0.05) is 12.1 Å². The lowest BCUT2D eigenvalue weighted by Crippen LogP contribution is -2.37. The average Bonchev–Trinajstić information content (AvgIpc) is 2.87. The number of aromatic amines is 1. The molecule has 184 valence electrons. The van der Waals surface area contributed by atoms with Gasteiger partial charge in [-0.25, -0.2) is 9.59 Å². The van der Waals surface area contributed by atoms with E-state index < -0.39 is 23.3 Å². The molecule has 0 fully saturated rings. The summed E-state index contributed by atoms with van der Waals surface area (Å²) in [6, 6.07) is 15.8. The molecule has 1 heterocycles. The summed E-state index contributed by atoms with van der Waals surface area (Å²) < 4.78 is 6.20. The number of aromatic carboxylic acids is 1. The van der Waals surface area contributed by atoms with E-state index in [2.05, 4.69) is 10.3 Å². The Labute approximate surface area is 206 Å². The molecule has 0 aliphatic rings. The van der Waals surface area contributed by atoms with Crippen LogP contribution in [0, 0.1) is 6.92 Å². The highest BCUT2D eigenvalue weighted by Gasteiger charge is 2.18. The number of aromatic nitrogens is 2. The van der Waals surface area contributed by atoms with Crippen LogP contribution in [0.5, 0.6) is 5.75 Å². The molecule has 1 unspecified atom stereocenters. The molecule has 3 aromatic carbocycles. The highest BCUT2D eigenvalue weighted by Crippen LogP contribution is 2.20. The molecule has 9 nitrogen and oxygen atoms in total. The van der Waals surface area contributed by atoms with Crippen LogP contribution in [-0.2, 0) is 6.54 Å². The topological polar surface area (TPSA) is 130 Å². The number of fused-ring (bicyclic) bond motifs is 1. The lowest BCUT2D eigenvalue weighted by molar-refractivity contribution is 0.0695. The number of carbonyl (C=O) groups excluding carboxylic acids is 1. The maximum Gasteiger partial charge on any atom is 0.335 e. The Balaban J connectivity index is 1.64. The third-order valence-corrected chi connectivity index (χ3v) is 6.15. The smallest absolute Gasteiger partial charge is 0.335 e. The van der Waals surface area contributed by atoms with Crippen LogP contribution in [0.1, 0.15) is 50.4 Å². The van der Waals surface area contributed by atoms with Gasteiger partial charge in [0.2, 0.25) is 0 Å². The number of carbonyl (C=O) groups is 2. The minimum Gasteiger partial charge on any atom is -0.497 e. The predicted octanol–water partition coefficient (Wildman–Crippen LogP) is 3.24. The monoisotopic (exact) mass is 487 g/mol.